The quantitative estimate of drug-likeness (QED) is 0.728. The fourth-order valence-corrected chi connectivity index (χ4v) is 1.34. The third-order valence-corrected chi connectivity index (χ3v) is 2.08. The minimum atomic E-state index is -0.358. The second-order valence-corrected chi connectivity index (χ2v) is 3.54. The van der Waals surface area contributed by atoms with Crippen molar-refractivity contribution >= 4 is 11.7 Å². The molecule has 94 valence electrons. The first-order chi connectivity index (χ1) is 8.17. The number of amides is 2. The van der Waals surface area contributed by atoms with E-state index in [4.69, 9.17) is 9.84 Å². The van der Waals surface area contributed by atoms with E-state index in [0.29, 0.717) is 18.0 Å². The van der Waals surface area contributed by atoms with E-state index in [9.17, 15) is 4.79 Å². The van der Waals surface area contributed by atoms with Crippen LogP contribution in [-0.2, 0) is 0 Å². The van der Waals surface area contributed by atoms with Gasteiger partial charge in [-0.15, -0.1) is 0 Å². The van der Waals surface area contributed by atoms with E-state index in [1.165, 1.54) is 0 Å². The second-order valence-electron chi connectivity index (χ2n) is 3.54. The number of hydrogen-bond acceptors (Lipinski definition) is 3. The molecule has 0 aliphatic carbocycles. The predicted octanol–water partition coefficient (Wildman–Crippen LogP) is 1.51. The van der Waals surface area contributed by atoms with Crippen LogP contribution in [-0.4, -0.2) is 30.9 Å². The van der Waals surface area contributed by atoms with Gasteiger partial charge in [-0.05, 0) is 31.5 Å². The van der Waals surface area contributed by atoms with Gasteiger partial charge in [0.1, 0.15) is 5.75 Å². The summed E-state index contributed by atoms with van der Waals surface area (Å²) in [6.07, 6.45) is 0. The van der Waals surface area contributed by atoms with Crippen molar-refractivity contribution in [3.63, 3.8) is 0 Å². The van der Waals surface area contributed by atoms with Gasteiger partial charge in [-0.2, -0.15) is 0 Å². The molecule has 0 aliphatic heterocycles. The van der Waals surface area contributed by atoms with Crippen molar-refractivity contribution in [3.8, 4) is 5.75 Å². The number of aliphatic hydroxyl groups excluding tert-OH is 1. The molecule has 0 radical (unpaired) electrons. The maximum Gasteiger partial charge on any atom is 0.319 e. The van der Waals surface area contributed by atoms with Crippen LogP contribution in [0.4, 0.5) is 10.5 Å². The number of urea groups is 1. The van der Waals surface area contributed by atoms with Gasteiger partial charge in [0.05, 0.1) is 18.9 Å². The average Bonchev–Trinajstić information content (AvgIpc) is 2.30. The lowest BCUT2D eigenvalue weighted by Gasteiger charge is -2.12. The minimum absolute atomic E-state index is 0.0837. The highest BCUT2D eigenvalue weighted by Gasteiger charge is 2.07. The molecule has 0 aliphatic rings. The molecule has 1 aromatic carbocycles. The summed E-state index contributed by atoms with van der Waals surface area (Å²) >= 11 is 0. The minimum Gasteiger partial charge on any atom is -0.492 e. The SMILES string of the molecule is CCOc1cc(C)ccc1NC(=O)NCCO. The number of aryl methyl sites for hydroxylation is 1. The first-order valence-corrected chi connectivity index (χ1v) is 5.56. The van der Waals surface area contributed by atoms with E-state index in [1.54, 1.807) is 6.07 Å². The summed E-state index contributed by atoms with van der Waals surface area (Å²) in [6.45, 7) is 4.52. The molecule has 0 saturated heterocycles. The zero-order valence-electron chi connectivity index (χ0n) is 10.1. The molecule has 5 heteroatoms. The Labute approximate surface area is 101 Å². The molecule has 17 heavy (non-hydrogen) atoms. The smallest absolute Gasteiger partial charge is 0.319 e. The Morgan fingerprint density at radius 3 is 2.88 bits per heavy atom. The standard InChI is InChI=1S/C12H18N2O3/c1-3-17-11-8-9(2)4-5-10(11)14-12(16)13-6-7-15/h4-5,8,15H,3,6-7H2,1-2H3,(H2,13,14,16). The number of carbonyl (C=O) groups is 1. The molecule has 0 bridgehead atoms. The van der Waals surface area contributed by atoms with E-state index >= 15 is 0 Å². The lowest BCUT2D eigenvalue weighted by molar-refractivity contribution is 0.244. The van der Waals surface area contributed by atoms with E-state index < -0.39 is 0 Å². The lowest BCUT2D eigenvalue weighted by Crippen LogP contribution is -2.31. The number of hydrogen-bond donors (Lipinski definition) is 3. The topological polar surface area (TPSA) is 70.6 Å². The van der Waals surface area contributed by atoms with Crippen LogP contribution in [0.2, 0.25) is 0 Å². The van der Waals surface area contributed by atoms with Crippen molar-refractivity contribution < 1.29 is 14.6 Å². The van der Waals surface area contributed by atoms with Crippen LogP contribution in [0.3, 0.4) is 0 Å². The molecule has 0 fully saturated rings. The first-order valence-electron chi connectivity index (χ1n) is 5.56. The molecule has 1 aromatic rings. The molecule has 0 aromatic heterocycles. The number of benzene rings is 1. The predicted molar refractivity (Wildman–Crippen MR) is 66.5 cm³/mol. The van der Waals surface area contributed by atoms with E-state index in [-0.39, 0.29) is 19.2 Å². The molecule has 2 amide bonds. The number of nitrogens with one attached hydrogen (secondary N) is 2. The first kappa shape index (κ1) is 13.3. The summed E-state index contributed by atoms with van der Waals surface area (Å²) in [5.41, 5.74) is 1.68. The van der Waals surface area contributed by atoms with Gasteiger partial charge in [-0.1, -0.05) is 6.07 Å². The molecular weight excluding hydrogens is 220 g/mol. The number of rotatable bonds is 5. The largest absolute Gasteiger partial charge is 0.492 e. The van der Waals surface area contributed by atoms with Crippen molar-refractivity contribution in [3.05, 3.63) is 23.8 Å². The maximum absolute atomic E-state index is 11.4. The van der Waals surface area contributed by atoms with Crippen molar-refractivity contribution in [1.82, 2.24) is 5.32 Å². The molecule has 0 heterocycles. The number of aliphatic hydroxyl groups is 1. The van der Waals surface area contributed by atoms with Crippen LogP contribution in [0.15, 0.2) is 18.2 Å². The number of ether oxygens (including phenoxy) is 1. The molecule has 1 rings (SSSR count). The Morgan fingerprint density at radius 1 is 1.47 bits per heavy atom. The normalized spacial score (nSPS) is 9.82. The van der Waals surface area contributed by atoms with Crippen molar-refractivity contribution in [2.45, 2.75) is 13.8 Å². The third-order valence-electron chi connectivity index (χ3n) is 2.08. The fraction of sp³-hybridized carbons (Fsp3) is 0.417. The zero-order valence-corrected chi connectivity index (χ0v) is 10.1. The van der Waals surface area contributed by atoms with Gasteiger partial charge < -0.3 is 20.5 Å². The van der Waals surface area contributed by atoms with E-state index in [0.717, 1.165) is 5.56 Å². The monoisotopic (exact) mass is 238 g/mol. The molecule has 0 unspecified atom stereocenters. The van der Waals surface area contributed by atoms with Crippen LogP contribution in [0.5, 0.6) is 5.75 Å². The van der Waals surface area contributed by atoms with Gasteiger partial charge in [0.15, 0.2) is 0 Å². The summed E-state index contributed by atoms with van der Waals surface area (Å²) in [6, 6.07) is 5.19. The Bertz CT molecular complexity index is 380. The van der Waals surface area contributed by atoms with E-state index in [1.807, 2.05) is 26.0 Å². The molecule has 5 nitrogen and oxygen atoms in total. The summed E-state index contributed by atoms with van der Waals surface area (Å²) < 4.78 is 5.43. The molecule has 0 saturated carbocycles. The third kappa shape index (κ3) is 4.32. The molecule has 3 N–H and O–H groups in total. The summed E-state index contributed by atoms with van der Waals surface area (Å²) in [4.78, 5) is 11.4. The van der Waals surface area contributed by atoms with Gasteiger partial charge in [0.2, 0.25) is 0 Å². The van der Waals surface area contributed by atoms with Gasteiger partial charge in [-0.25, -0.2) is 4.79 Å². The summed E-state index contributed by atoms with van der Waals surface area (Å²) in [5.74, 6) is 0.645. The Kier molecular flexibility index (Phi) is 5.29. The lowest BCUT2D eigenvalue weighted by atomic mass is 10.2. The van der Waals surface area contributed by atoms with Gasteiger partial charge in [-0.3, -0.25) is 0 Å². The highest BCUT2D eigenvalue weighted by atomic mass is 16.5. The zero-order chi connectivity index (χ0) is 12.7. The van der Waals surface area contributed by atoms with Crippen LogP contribution < -0.4 is 15.4 Å². The van der Waals surface area contributed by atoms with Gasteiger partial charge in [0, 0.05) is 6.54 Å². The highest BCUT2D eigenvalue weighted by molar-refractivity contribution is 5.90. The number of carbonyl (C=O) groups excluding carboxylic acids is 1. The van der Waals surface area contributed by atoms with Crippen molar-refractivity contribution in [1.29, 1.82) is 0 Å². The Hall–Kier alpha value is -1.75. The Balaban J connectivity index is 2.72. The second kappa shape index (κ2) is 6.75. The van der Waals surface area contributed by atoms with Crippen molar-refractivity contribution in [2.75, 3.05) is 25.1 Å². The van der Waals surface area contributed by atoms with Gasteiger partial charge >= 0.3 is 6.03 Å². The van der Waals surface area contributed by atoms with Gasteiger partial charge in [0.25, 0.3) is 0 Å². The summed E-state index contributed by atoms with van der Waals surface area (Å²) in [5, 5.41) is 13.8. The maximum atomic E-state index is 11.4. The van der Waals surface area contributed by atoms with E-state index in [2.05, 4.69) is 10.6 Å². The molecular formula is C12H18N2O3. The van der Waals surface area contributed by atoms with Crippen molar-refractivity contribution in [2.24, 2.45) is 0 Å². The van der Waals surface area contributed by atoms with Crippen LogP contribution in [0, 0.1) is 6.92 Å². The highest BCUT2D eigenvalue weighted by Crippen LogP contribution is 2.25. The summed E-state index contributed by atoms with van der Waals surface area (Å²) in [7, 11) is 0. The molecule has 0 atom stereocenters. The van der Waals surface area contributed by atoms with Crippen LogP contribution in [0.25, 0.3) is 0 Å². The average molecular weight is 238 g/mol. The number of anilines is 1. The Morgan fingerprint density at radius 2 is 2.24 bits per heavy atom. The fourth-order valence-electron chi connectivity index (χ4n) is 1.34. The molecule has 0 spiro atoms. The van der Waals surface area contributed by atoms with Crippen LogP contribution >= 0.6 is 0 Å². The van der Waals surface area contributed by atoms with Crippen LogP contribution in [0.1, 0.15) is 12.5 Å².